The van der Waals surface area contributed by atoms with Gasteiger partial charge in [0.25, 0.3) is 0 Å². The van der Waals surface area contributed by atoms with Gasteiger partial charge in [-0.1, -0.05) is 44.1 Å². The van der Waals surface area contributed by atoms with E-state index in [9.17, 15) is 9.90 Å². The Bertz CT molecular complexity index is 281. The van der Waals surface area contributed by atoms with Gasteiger partial charge >= 0.3 is 5.97 Å². The Morgan fingerprint density at radius 3 is 2.94 bits per heavy atom. The summed E-state index contributed by atoms with van der Waals surface area (Å²) in [5.41, 5.74) is 0. The number of esters is 1. The maximum Gasteiger partial charge on any atom is 0.306 e. The Hall–Kier alpha value is -1.09. The molecule has 0 saturated carbocycles. The molecule has 1 aliphatic heterocycles. The number of carbonyl (C=O) groups is 1. The first-order valence-electron chi connectivity index (χ1n) is 6.45. The lowest BCUT2D eigenvalue weighted by Gasteiger charge is -2.12. The van der Waals surface area contributed by atoms with E-state index < -0.39 is 6.10 Å². The fourth-order valence-corrected chi connectivity index (χ4v) is 1.78. The van der Waals surface area contributed by atoms with E-state index in [0.717, 1.165) is 6.42 Å². The lowest BCUT2D eigenvalue weighted by Crippen LogP contribution is -2.23. The zero-order chi connectivity index (χ0) is 12.5. The molecule has 0 aromatic rings. The van der Waals surface area contributed by atoms with Crippen molar-refractivity contribution in [2.45, 2.75) is 57.7 Å². The third-order valence-corrected chi connectivity index (χ3v) is 2.83. The quantitative estimate of drug-likeness (QED) is 0.421. The summed E-state index contributed by atoms with van der Waals surface area (Å²) in [4.78, 5) is 10.9. The SMILES string of the molecule is CCCCC/C=C/C=C\[C@H](O)[C@H]1CCC(=O)O1. The maximum atomic E-state index is 10.9. The van der Waals surface area contributed by atoms with E-state index >= 15 is 0 Å². The lowest BCUT2D eigenvalue weighted by molar-refractivity contribution is -0.144. The highest BCUT2D eigenvalue weighted by Gasteiger charge is 2.27. The highest BCUT2D eigenvalue weighted by molar-refractivity contribution is 5.71. The molecule has 17 heavy (non-hydrogen) atoms. The molecule has 1 rings (SSSR count). The normalized spacial score (nSPS) is 22.5. The number of aliphatic hydroxyl groups is 1. The average molecular weight is 238 g/mol. The molecule has 2 atom stereocenters. The van der Waals surface area contributed by atoms with Crippen LogP contribution in [-0.2, 0) is 9.53 Å². The van der Waals surface area contributed by atoms with Crippen LogP contribution in [0.5, 0.6) is 0 Å². The standard InChI is InChI=1S/C14H22O3/c1-2-3-4-5-6-7-8-9-12(15)13-10-11-14(16)17-13/h6-9,12-13,15H,2-5,10-11H2,1H3/b7-6+,9-8-/t12-,13+/m0/s1. The molecule has 0 aromatic heterocycles. The molecule has 3 nitrogen and oxygen atoms in total. The van der Waals surface area contributed by atoms with Crippen LogP contribution in [0.1, 0.15) is 45.4 Å². The molecular formula is C14H22O3. The number of ether oxygens (including phenoxy) is 1. The Morgan fingerprint density at radius 1 is 1.47 bits per heavy atom. The largest absolute Gasteiger partial charge is 0.459 e. The van der Waals surface area contributed by atoms with E-state index in [1.165, 1.54) is 19.3 Å². The fraction of sp³-hybridized carbons (Fsp3) is 0.643. The minimum Gasteiger partial charge on any atom is -0.459 e. The first kappa shape index (κ1) is 14.0. The van der Waals surface area contributed by atoms with E-state index in [-0.39, 0.29) is 12.1 Å². The molecule has 1 N–H and O–H groups in total. The van der Waals surface area contributed by atoms with Gasteiger partial charge in [0, 0.05) is 6.42 Å². The minimum atomic E-state index is -0.679. The first-order valence-corrected chi connectivity index (χ1v) is 6.45. The second-order valence-electron chi connectivity index (χ2n) is 4.37. The van der Waals surface area contributed by atoms with Gasteiger partial charge in [0.15, 0.2) is 0 Å². The van der Waals surface area contributed by atoms with Gasteiger partial charge < -0.3 is 9.84 Å². The number of carbonyl (C=O) groups excluding carboxylic acids is 1. The summed E-state index contributed by atoms with van der Waals surface area (Å²) < 4.78 is 4.97. The van der Waals surface area contributed by atoms with Gasteiger partial charge in [0.05, 0.1) is 0 Å². The van der Waals surface area contributed by atoms with Crippen LogP contribution >= 0.6 is 0 Å². The molecular weight excluding hydrogens is 216 g/mol. The summed E-state index contributed by atoms with van der Waals surface area (Å²) >= 11 is 0. The molecule has 0 aliphatic carbocycles. The number of rotatable bonds is 7. The summed E-state index contributed by atoms with van der Waals surface area (Å²) in [5.74, 6) is -0.211. The van der Waals surface area contributed by atoms with Gasteiger partial charge in [0.1, 0.15) is 12.2 Å². The predicted molar refractivity (Wildman–Crippen MR) is 67.5 cm³/mol. The molecule has 3 heteroatoms. The van der Waals surface area contributed by atoms with Gasteiger partial charge in [0.2, 0.25) is 0 Å². The van der Waals surface area contributed by atoms with E-state index in [1.54, 1.807) is 6.08 Å². The van der Waals surface area contributed by atoms with Crippen molar-refractivity contribution in [3.05, 3.63) is 24.3 Å². The van der Waals surface area contributed by atoms with Crippen molar-refractivity contribution < 1.29 is 14.6 Å². The highest BCUT2D eigenvalue weighted by atomic mass is 16.6. The molecule has 1 saturated heterocycles. The fourth-order valence-electron chi connectivity index (χ4n) is 1.78. The molecule has 96 valence electrons. The number of unbranched alkanes of at least 4 members (excludes halogenated alkanes) is 3. The number of cyclic esters (lactones) is 1. The van der Waals surface area contributed by atoms with Crippen LogP contribution in [-0.4, -0.2) is 23.3 Å². The summed E-state index contributed by atoms with van der Waals surface area (Å²) in [6.07, 6.45) is 12.3. The van der Waals surface area contributed by atoms with Crippen LogP contribution in [0.4, 0.5) is 0 Å². The molecule has 0 amide bonds. The van der Waals surface area contributed by atoms with Crippen molar-refractivity contribution in [3.8, 4) is 0 Å². The van der Waals surface area contributed by atoms with Crippen molar-refractivity contribution in [3.63, 3.8) is 0 Å². The molecule has 0 unspecified atom stereocenters. The van der Waals surface area contributed by atoms with E-state index in [2.05, 4.69) is 13.0 Å². The molecule has 0 spiro atoms. The predicted octanol–water partition coefficient (Wildman–Crippen LogP) is 2.75. The molecule has 0 aromatic carbocycles. The maximum absolute atomic E-state index is 10.9. The van der Waals surface area contributed by atoms with Crippen molar-refractivity contribution in [2.75, 3.05) is 0 Å². The van der Waals surface area contributed by atoms with Crippen molar-refractivity contribution >= 4 is 5.97 Å². The lowest BCUT2D eigenvalue weighted by atomic mass is 10.1. The topological polar surface area (TPSA) is 46.5 Å². The summed E-state index contributed by atoms with van der Waals surface area (Å²) in [6, 6.07) is 0. The second kappa shape index (κ2) is 8.07. The molecule has 1 fully saturated rings. The average Bonchev–Trinajstić information content (AvgIpc) is 2.74. The molecule has 0 radical (unpaired) electrons. The Balaban J connectivity index is 2.17. The third-order valence-electron chi connectivity index (χ3n) is 2.83. The van der Waals surface area contributed by atoms with Crippen LogP contribution in [0.3, 0.4) is 0 Å². The number of aliphatic hydroxyl groups excluding tert-OH is 1. The van der Waals surface area contributed by atoms with E-state index in [1.807, 2.05) is 12.2 Å². The van der Waals surface area contributed by atoms with Crippen LogP contribution in [0.2, 0.25) is 0 Å². The van der Waals surface area contributed by atoms with Gasteiger partial charge in [-0.25, -0.2) is 0 Å². The summed E-state index contributed by atoms with van der Waals surface area (Å²) in [5, 5.41) is 9.71. The Kier molecular flexibility index (Phi) is 6.63. The van der Waals surface area contributed by atoms with Gasteiger partial charge in [-0.15, -0.1) is 0 Å². The van der Waals surface area contributed by atoms with E-state index in [0.29, 0.717) is 12.8 Å². The molecule has 1 heterocycles. The molecule has 1 aliphatic rings. The third kappa shape index (κ3) is 5.68. The Labute approximate surface area is 103 Å². The van der Waals surface area contributed by atoms with E-state index in [4.69, 9.17) is 4.74 Å². The van der Waals surface area contributed by atoms with Crippen molar-refractivity contribution in [1.29, 1.82) is 0 Å². The zero-order valence-corrected chi connectivity index (χ0v) is 10.5. The van der Waals surface area contributed by atoms with Crippen LogP contribution < -0.4 is 0 Å². The summed E-state index contributed by atoms with van der Waals surface area (Å²) in [6.45, 7) is 2.18. The zero-order valence-electron chi connectivity index (χ0n) is 10.5. The first-order chi connectivity index (χ1) is 8.24. The van der Waals surface area contributed by atoms with Crippen molar-refractivity contribution in [1.82, 2.24) is 0 Å². The number of hydrogen-bond donors (Lipinski definition) is 1. The number of allylic oxidation sites excluding steroid dienone is 3. The highest BCUT2D eigenvalue weighted by Crippen LogP contribution is 2.17. The van der Waals surface area contributed by atoms with Gasteiger partial charge in [-0.05, 0) is 19.3 Å². The molecule has 0 bridgehead atoms. The monoisotopic (exact) mass is 238 g/mol. The van der Waals surface area contributed by atoms with Gasteiger partial charge in [-0.3, -0.25) is 4.79 Å². The van der Waals surface area contributed by atoms with Gasteiger partial charge in [-0.2, -0.15) is 0 Å². The smallest absolute Gasteiger partial charge is 0.306 e. The van der Waals surface area contributed by atoms with Crippen LogP contribution in [0.25, 0.3) is 0 Å². The summed E-state index contributed by atoms with van der Waals surface area (Å²) in [7, 11) is 0. The Morgan fingerprint density at radius 2 is 2.29 bits per heavy atom. The second-order valence-corrected chi connectivity index (χ2v) is 4.37. The minimum absolute atomic E-state index is 0.211. The van der Waals surface area contributed by atoms with Crippen LogP contribution in [0, 0.1) is 0 Å². The van der Waals surface area contributed by atoms with Crippen LogP contribution in [0.15, 0.2) is 24.3 Å². The number of hydrogen-bond acceptors (Lipinski definition) is 3. The van der Waals surface area contributed by atoms with Crippen molar-refractivity contribution in [2.24, 2.45) is 0 Å².